The van der Waals surface area contributed by atoms with E-state index in [-0.39, 0.29) is 42.2 Å². The number of carboxylic acid groups (broad SMARTS) is 1. The van der Waals surface area contributed by atoms with Crippen LogP contribution in [0.5, 0.6) is 5.75 Å². The van der Waals surface area contributed by atoms with Crippen molar-refractivity contribution in [1.82, 2.24) is 20.2 Å². The first-order valence-electron chi connectivity index (χ1n) is 16.2. The molecule has 48 heavy (non-hydrogen) atoms. The van der Waals surface area contributed by atoms with Crippen LogP contribution in [0.2, 0.25) is 0 Å². The van der Waals surface area contributed by atoms with Crippen molar-refractivity contribution in [3.8, 4) is 28.3 Å². The van der Waals surface area contributed by atoms with Crippen molar-refractivity contribution in [2.75, 3.05) is 19.7 Å². The van der Waals surface area contributed by atoms with Gasteiger partial charge >= 0.3 is 5.97 Å². The van der Waals surface area contributed by atoms with Gasteiger partial charge in [-0.2, -0.15) is 0 Å². The van der Waals surface area contributed by atoms with Crippen LogP contribution in [0.3, 0.4) is 0 Å². The molecule has 2 N–H and O–H groups in total. The lowest BCUT2D eigenvalue weighted by molar-refractivity contribution is -0.153. The summed E-state index contributed by atoms with van der Waals surface area (Å²) in [7, 11) is 0. The molecule has 1 fully saturated rings. The summed E-state index contributed by atoms with van der Waals surface area (Å²) in [5.41, 5.74) is 3.68. The van der Waals surface area contributed by atoms with Crippen molar-refractivity contribution in [2.45, 2.75) is 65.8 Å². The Labute approximate surface area is 286 Å². The fourth-order valence-electron chi connectivity index (χ4n) is 5.20. The number of carboxylic acids is 1. The van der Waals surface area contributed by atoms with Crippen molar-refractivity contribution in [1.29, 1.82) is 0 Å². The Kier molecular flexibility index (Phi) is 10.3. The minimum atomic E-state index is -0.923. The average Bonchev–Trinajstić information content (AvgIpc) is 3.52. The maximum absolute atomic E-state index is 13.5. The third-order valence-corrected chi connectivity index (χ3v) is 9.84. The molecule has 0 radical (unpaired) electrons. The molecule has 0 aliphatic carbocycles. The van der Waals surface area contributed by atoms with E-state index in [2.05, 4.69) is 56.8 Å². The lowest BCUT2D eigenvalue weighted by atomic mass is 9.93. The smallest absolute Gasteiger partial charge is 0.310 e. The monoisotopic (exact) mass is 668 g/mol. The van der Waals surface area contributed by atoms with Crippen LogP contribution in [0, 0.1) is 11.3 Å². The van der Waals surface area contributed by atoms with Gasteiger partial charge in [-0.1, -0.05) is 77.9 Å². The van der Waals surface area contributed by atoms with Gasteiger partial charge < -0.3 is 20.1 Å². The molecule has 10 heteroatoms. The van der Waals surface area contributed by atoms with Crippen molar-refractivity contribution in [3.05, 3.63) is 88.4 Å². The normalized spacial score (nSPS) is 14.2. The Morgan fingerprint density at radius 3 is 2.08 bits per heavy atom. The summed E-state index contributed by atoms with van der Waals surface area (Å²) < 4.78 is 5.89. The summed E-state index contributed by atoms with van der Waals surface area (Å²) in [5.74, 6) is -0.716. The Morgan fingerprint density at radius 1 is 0.896 bits per heavy atom. The number of carbonyl (C=O) groups excluding carboxylic acids is 2. The van der Waals surface area contributed by atoms with Gasteiger partial charge in [0, 0.05) is 47.9 Å². The molecule has 252 valence electrons. The molecule has 2 amide bonds. The zero-order chi connectivity index (χ0) is 34.6. The SMILES string of the molecule is CC(C)(C)CCOc1ccc(-c2cnc(-c3ccc(CC(NC(=O)c4ccc(C(C)(C)C)s4)C(=O)N4CC(C(=O)O)C4)cc3)nc2)cc1. The second-order valence-electron chi connectivity index (χ2n) is 14.6. The molecule has 1 aliphatic rings. The predicted molar refractivity (Wildman–Crippen MR) is 188 cm³/mol. The maximum Gasteiger partial charge on any atom is 0.310 e. The molecule has 0 saturated carbocycles. The number of thiophene rings is 1. The number of nitrogens with zero attached hydrogens (tertiary/aromatic N) is 3. The highest BCUT2D eigenvalue weighted by atomic mass is 32.1. The van der Waals surface area contributed by atoms with E-state index in [0.717, 1.165) is 39.3 Å². The third kappa shape index (κ3) is 8.86. The largest absolute Gasteiger partial charge is 0.494 e. The zero-order valence-electron chi connectivity index (χ0n) is 28.4. The number of carbonyl (C=O) groups is 3. The predicted octanol–water partition coefficient (Wildman–Crippen LogP) is 6.87. The molecule has 1 atom stereocenters. The van der Waals surface area contributed by atoms with Gasteiger partial charge in [-0.25, -0.2) is 9.97 Å². The van der Waals surface area contributed by atoms with Crippen molar-refractivity contribution >= 4 is 29.1 Å². The first-order valence-corrected chi connectivity index (χ1v) is 17.1. The topological polar surface area (TPSA) is 122 Å². The number of likely N-dealkylation sites (tertiary alicyclic amines) is 1. The summed E-state index contributed by atoms with van der Waals surface area (Å²) in [6, 6.07) is 18.4. The van der Waals surface area contributed by atoms with Crippen LogP contribution in [0.15, 0.2) is 73.1 Å². The van der Waals surface area contributed by atoms with E-state index in [1.54, 1.807) is 18.5 Å². The maximum atomic E-state index is 13.5. The fourth-order valence-corrected chi connectivity index (χ4v) is 6.16. The molecule has 5 rings (SSSR count). The molecule has 1 saturated heterocycles. The van der Waals surface area contributed by atoms with Crippen LogP contribution in [0.4, 0.5) is 0 Å². The third-order valence-electron chi connectivity index (χ3n) is 8.33. The van der Waals surface area contributed by atoms with Crippen LogP contribution < -0.4 is 10.1 Å². The Bertz CT molecular complexity index is 1730. The highest BCUT2D eigenvalue weighted by Crippen LogP contribution is 2.30. The summed E-state index contributed by atoms with van der Waals surface area (Å²) >= 11 is 1.41. The van der Waals surface area contributed by atoms with Crippen LogP contribution in [-0.2, 0) is 21.4 Å². The Hall–Kier alpha value is -4.57. The summed E-state index contributed by atoms with van der Waals surface area (Å²) in [5, 5.41) is 12.2. The molecule has 9 nitrogen and oxygen atoms in total. The lowest BCUT2D eigenvalue weighted by Crippen LogP contribution is -2.59. The molecule has 3 heterocycles. The van der Waals surface area contributed by atoms with Gasteiger partial charge in [0.05, 0.1) is 17.4 Å². The fraction of sp³-hybridized carbons (Fsp3) is 0.395. The van der Waals surface area contributed by atoms with Gasteiger partial charge in [-0.3, -0.25) is 14.4 Å². The summed E-state index contributed by atoms with van der Waals surface area (Å²) in [6.07, 6.45) is 4.82. The molecular weight excluding hydrogens is 625 g/mol. The average molecular weight is 669 g/mol. The van der Waals surface area contributed by atoms with Gasteiger partial charge in [0.15, 0.2) is 5.82 Å². The van der Waals surface area contributed by atoms with Crippen molar-refractivity contribution < 1.29 is 24.2 Å². The number of rotatable bonds is 11. The molecule has 1 unspecified atom stereocenters. The quantitative estimate of drug-likeness (QED) is 0.179. The molecule has 2 aromatic carbocycles. The van der Waals surface area contributed by atoms with Crippen LogP contribution in [0.25, 0.3) is 22.5 Å². The number of amides is 2. The van der Waals surface area contributed by atoms with Crippen LogP contribution in [-0.4, -0.2) is 63.5 Å². The number of aromatic nitrogens is 2. The molecule has 0 bridgehead atoms. The minimum absolute atomic E-state index is 0.0969. The molecule has 1 aliphatic heterocycles. The zero-order valence-corrected chi connectivity index (χ0v) is 29.3. The molecule has 0 spiro atoms. The first-order chi connectivity index (χ1) is 22.7. The van der Waals surface area contributed by atoms with E-state index >= 15 is 0 Å². The van der Waals surface area contributed by atoms with Gasteiger partial charge in [0.25, 0.3) is 5.91 Å². The second kappa shape index (κ2) is 14.3. The highest BCUT2D eigenvalue weighted by Gasteiger charge is 2.39. The van der Waals surface area contributed by atoms with Crippen molar-refractivity contribution in [2.24, 2.45) is 11.3 Å². The Morgan fingerprint density at radius 2 is 1.52 bits per heavy atom. The van der Waals surface area contributed by atoms with E-state index < -0.39 is 17.9 Å². The minimum Gasteiger partial charge on any atom is -0.494 e. The van der Waals surface area contributed by atoms with E-state index in [0.29, 0.717) is 17.3 Å². The number of hydrogen-bond donors (Lipinski definition) is 2. The van der Waals surface area contributed by atoms with E-state index in [1.807, 2.05) is 54.6 Å². The number of ether oxygens (including phenoxy) is 1. The van der Waals surface area contributed by atoms with Crippen LogP contribution >= 0.6 is 11.3 Å². The van der Waals surface area contributed by atoms with Gasteiger partial charge in [0.1, 0.15) is 11.8 Å². The number of aliphatic carboxylic acids is 1. The van der Waals surface area contributed by atoms with Gasteiger partial charge in [-0.05, 0) is 52.6 Å². The second-order valence-corrected chi connectivity index (χ2v) is 15.7. The molecule has 2 aromatic heterocycles. The van der Waals surface area contributed by atoms with Crippen LogP contribution in [0.1, 0.15) is 68.1 Å². The lowest BCUT2D eigenvalue weighted by Gasteiger charge is -2.38. The summed E-state index contributed by atoms with van der Waals surface area (Å²) in [6.45, 7) is 13.8. The molecular formula is C38H44N4O5S. The number of nitrogens with one attached hydrogen (secondary N) is 1. The van der Waals surface area contributed by atoms with E-state index in [9.17, 15) is 19.5 Å². The van der Waals surface area contributed by atoms with Gasteiger partial charge in [0.2, 0.25) is 5.91 Å². The van der Waals surface area contributed by atoms with Crippen molar-refractivity contribution in [3.63, 3.8) is 0 Å². The van der Waals surface area contributed by atoms with E-state index in [4.69, 9.17) is 4.74 Å². The highest BCUT2D eigenvalue weighted by molar-refractivity contribution is 7.14. The molecule has 4 aromatic rings. The number of hydrogen-bond acceptors (Lipinski definition) is 7. The standard InChI is InChI=1S/C38H44N4O5S/c1-37(2,3)17-18-47-29-13-11-25(12-14-29)27-20-39-33(40-21-27)26-9-7-24(8-10-26)19-30(35(44)42-22-28(23-42)36(45)46)41-34(43)31-15-16-32(48-31)38(4,5)6/h7-16,20-21,28,30H,17-19,22-23H2,1-6H3,(H,41,43)(H,45,46). The Balaban J connectivity index is 1.24. The summed E-state index contributed by atoms with van der Waals surface area (Å²) in [4.78, 5) is 50.4. The number of benzene rings is 2. The van der Waals surface area contributed by atoms with E-state index in [1.165, 1.54) is 16.2 Å². The van der Waals surface area contributed by atoms with Gasteiger partial charge in [-0.15, -0.1) is 11.3 Å². The first kappa shape index (κ1) is 34.8.